The Kier molecular flexibility index (Phi) is 13.8. The van der Waals surface area contributed by atoms with E-state index in [1.807, 2.05) is 0 Å². The summed E-state index contributed by atoms with van der Waals surface area (Å²) in [7, 11) is 0. The number of hydrogen-bond donors (Lipinski definition) is 0. The summed E-state index contributed by atoms with van der Waals surface area (Å²) in [6.07, 6.45) is 25.4. The van der Waals surface area contributed by atoms with E-state index in [1.54, 1.807) is 0 Å². The molecule has 138 valence electrons. The summed E-state index contributed by atoms with van der Waals surface area (Å²) >= 11 is 0. The van der Waals surface area contributed by atoms with Gasteiger partial charge in [-0.15, -0.1) is 0 Å². The maximum absolute atomic E-state index is 2.40. The lowest BCUT2D eigenvalue weighted by Gasteiger charge is -2.03. The first-order chi connectivity index (χ1) is 11.9. The van der Waals surface area contributed by atoms with Crippen molar-refractivity contribution in [3.05, 3.63) is 30.1 Å². The highest BCUT2D eigenvalue weighted by Gasteiger charge is 2.03. The van der Waals surface area contributed by atoms with Crippen molar-refractivity contribution in [3.8, 4) is 0 Å². The summed E-state index contributed by atoms with van der Waals surface area (Å²) in [6.45, 7) is 5.77. The molecule has 24 heavy (non-hydrogen) atoms. The van der Waals surface area contributed by atoms with E-state index in [9.17, 15) is 0 Å². The van der Waals surface area contributed by atoms with Crippen molar-refractivity contribution in [2.24, 2.45) is 0 Å². The third kappa shape index (κ3) is 11.6. The molecule has 1 aromatic rings. The molecule has 0 aliphatic heterocycles. The van der Waals surface area contributed by atoms with Crippen LogP contribution in [-0.2, 0) is 13.0 Å². The molecule has 1 heteroatoms. The zero-order valence-electron chi connectivity index (χ0n) is 16.6. The normalized spacial score (nSPS) is 11.1. The van der Waals surface area contributed by atoms with Gasteiger partial charge < -0.3 is 0 Å². The smallest absolute Gasteiger partial charge is 0.171 e. The van der Waals surface area contributed by atoms with Crippen LogP contribution in [0.15, 0.2) is 24.5 Å². The van der Waals surface area contributed by atoms with Crippen molar-refractivity contribution in [1.29, 1.82) is 0 Å². The summed E-state index contributed by atoms with van der Waals surface area (Å²) in [5.41, 5.74) is 1.52. The molecule has 0 amide bonds. The van der Waals surface area contributed by atoms with Crippen LogP contribution >= 0.6 is 0 Å². The van der Waals surface area contributed by atoms with Gasteiger partial charge >= 0.3 is 0 Å². The molecule has 0 radical (unpaired) electrons. The average molecular weight is 333 g/mol. The van der Waals surface area contributed by atoms with Gasteiger partial charge in [0.15, 0.2) is 12.4 Å². The van der Waals surface area contributed by atoms with E-state index < -0.39 is 0 Å². The molecule has 1 heterocycles. The van der Waals surface area contributed by atoms with Crippen LogP contribution in [0.4, 0.5) is 0 Å². The molecule has 1 rings (SSSR count). The zero-order valence-corrected chi connectivity index (χ0v) is 16.6. The third-order valence-electron chi connectivity index (χ3n) is 5.01. The van der Waals surface area contributed by atoms with Gasteiger partial charge in [-0.05, 0) is 25.3 Å². The predicted molar refractivity (Wildman–Crippen MR) is 106 cm³/mol. The summed E-state index contributed by atoms with van der Waals surface area (Å²) in [6, 6.07) is 4.54. The van der Waals surface area contributed by atoms with Crippen LogP contribution in [0, 0.1) is 0 Å². The molecule has 0 saturated heterocycles. The maximum Gasteiger partial charge on any atom is 0.171 e. The fraction of sp³-hybridized carbons (Fsp3) is 0.783. The van der Waals surface area contributed by atoms with Gasteiger partial charge in [-0.25, -0.2) is 4.57 Å². The van der Waals surface area contributed by atoms with E-state index in [2.05, 4.69) is 42.9 Å². The number of rotatable bonds is 16. The largest absolute Gasteiger partial charge is 0.205 e. The molecule has 1 aromatic heterocycles. The van der Waals surface area contributed by atoms with Gasteiger partial charge in [0.05, 0.1) is 0 Å². The molecule has 0 atom stereocenters. The van der Waals surface area contributed by atoms with Crippen LogP contribution in [0.1, 0.15) is 109 Å². The lowest BCUT2D eigenvalue weighted by atomic mass is 10.1. The quantitative estimate of drug-likeness (QED) is 0.226. The number of aryl methyl sites for hydroxylation is 2. The first-order valence-corrected chi connectivity index (χ1v) is 10.8. The van der Waals surface area contributed by atoms with Crippen LogP contribution in [0.5, 0.6) is 0 Å². The average Bonchev–Trinajstić information content (AvgIpc) is 2.61. The minimum atomic E-state index is 1.19. The van der Waals surface area contributed by atoms with E-state index in [4.69, 9.17) is 0 Å². The topological polar surface area (TPSA) is 3.88 Å². The maximum atomic E-state index is 2.40. The first-order valence-electron chi connectivity index (χ1n) is 10.8. The molecular weight excluding hydrogens is 290 g/mol. The second-order valence-electron chi connectivity index (χ2n) is 7.44. The van der Waals surface area contributed by atoms with Crippen molar-refractivity contribution in [1.82, 2.24) is 0 Å². The Balaban J connectivity index is 2.07. The molecule has 0 N–H and O–H groups in total. The van der Waals surface area contributed by atoms with E-state index in [-0.39, 0.29) is 0 Å². The van der Waals surface area contributed by atoms with Crippen LogP contribution in [0.3, 0.4) is 0 Å². The molecule has 0 aliphatic rings. The fourth-order valence-electron chi connectivity index (χ4n) is 3.40. The summed E-state index contributed by atoms with van der Waals surface area (Å²) < 4.78 is 2.40. The molecule has 0 aliphatic carbocycles. The fourth-order valence-corrected chi connectivity index (χ4v) is 3.40. The monoisotopic (exact) mass is 332 g/mol. The number of unbranched alkanes of at least 4 members (excludes halogenated alkanes) is 12. The van der Waals surface area contributed by atoms with Gasteiger partial charge in [-0.3, -0.25) is 0 Å². The van der Waals surface area contributed by atoms with Crippen LogP contribution < -0.4 is 4.57 Å². The highest BCUT2D eigenvalue weighted by molar-refractivity contribution is 5.05. The lowest BCUT2D eigenvalue weighted by molar-refractivity contribution is -0.697. The third-order valence-corrected chi connectivity index (χ3v) is 5.01. The SMILES string of the molecule is CCCCCCCCCCc1ccc[n+](CCCCCCCC)c1. The molecule has 0 fully saturated rings. The molecule has 0 bridgehead atoms. The number of hydrogen-bond acceptors (Lipinski definition) is 0. The second kappa shape index (κ2) is 15.7. The number of aromatic nitrogens is 1. The summed E-state index contributed by atoms with van der Waals surface area (Å²) in [5.74, 6) is 0. The van der Waals surface area contributed by atoms with Crippen molar-refractivity contribution in [2.45, 2.75) is 117 Å². The Morgan fingerprint density at radius 1 is 0.667 bits per heavy atom. The van der Waals surface area contributed by atoms with Crippen molar-refractivity contribution in [3.63, 3.8) is 0 Å². The minimum Gasteiger partial charge on any atom is -0.205 e. The van der Waals surface area contributed by atoms with Gasteiger partial charge in [0.25, 0.3) is 0 Å². The predicted octanol–water partition coefficient (Wildman–Crippen LogP) is 7.02. The van der Waals surface area contributed by atoms with Gasteiger partial charge in [-0.2, -0.15) is 0 Å². The summed E-state index contributed by atoms with van der Waals surface area (Å²) in [5, 5.41) is 0. The van der Waals surface area contributed by atoms with Crippen LogP contribution in [0.2, 0.25) is 0 Å². The van der Waals surface area contributed by atoms with Crippen molar-refractivity contribution in [2.75, 3.05) is 0 Å². The molecular formula is C23H42N+. The second-order valence-corrected chi connectivity index (χ2v) is 7.44. The van der Waals surface area contributed by atoms with Gasteiger partial charge in [0.2, 0.25) is 0 Å². The minimum absolute atomic E-state index is 1.19. The molecule has 0 saturated carbocycles. The van der Waals surface area contributed by atoms with Crippen molar-refractivity contribution >= 4 is 0 Å². The van der Waals surface area contributed by atoms with E-state index >= 15 is 0 Å². The molecule has 0 spiro atoms. The highest BCUT2D eigenvalue weighted by Crippen LogP contribution is 2.11. The Morgan fingerprint density at radius 3 is 1.83 bits per heavy atom. The Labute approximate surface area is 151 Å². The molecule has 0 aromatic carbocycles. The van der Waals surface area contributed by atoms with Crippen LogP contribution in [0.25, 0.3) is 0 Å². The summed E-state index contributed by atoms with van der Waals surface area (Å²) in [4.78, 5) is 0. The standard InChI is InChI=1S/C23H42N/c1-3-5-7-9-11-12-13-15-18-23-19-17-21-24(22-23)20-16-14-10-8-6-4-2/h17,19,21-22H,3-16,18,20H2,1-2H3/q+1. The first kappa shape index (κ1) is 21.2. The Morgan fingerprint density at radius 2 is 1.21 bits per heavy atom. The zero-order chi connectivity index (χ0) is 17.3. The molecule has 0 unspecified atom stereocenters. The Bertz CT molecular complexity index is 385. The van der Waals surface area contributed by atoms with Gasteiger partial charge in [0, 0.05) is 18.1 Å². The number of nitrogens with zero attached hydrogens (tertiary/aromatic N) is 1. The van der Waals surface area contributed by atoms with Gasteiger partial charge in [-0.1, -0.05) is 84.5 Å². The van der Waals surface area contributed by atoms with E-state index in [0.717, 1.165) is 0 Å². The van der Waals surface area contributed by atoms with Gasteiger partial charge in [0.1, 0.15) is 6.54 Å². The van der Waals surface area contributed by atoms with E-state index in [0.29, 0.717) is 0 Å². The Hall–Kier alpha value is -0.850. The lowest BCUT2D eigenvalue weighted by Crippen LogP contribution is -2.33. The van der Waals surface area contributed by atoms with Crippen LogP contribution in [-0.4, -0.2) is 0 Å². The molecule has 1 nitrogen and oxygen atoms in total. The van der Waals surface area contributed by atoms with Crippen molar-refractivity contribution < 1.29 is 4.57 Å². The number of pyridine rings is 1. The van der Waals surface area contributed by atoms with E-state index in [1.165, 1.54) is 108 Å². The highest BCUT2D eigenvalue weighted by atomic mass is 14.9.